The number of alkyl halides is 3. The van der Waals surface area contributed by atoms with Gasteiger partial charge in [0.05, 0.1) is 23.6 Å². The number of hydrogen-bond acceptors (Lipinski definition) is 5. The van der Waals surface area contributed by atoms with Crippen molar-refractivity contribution in [3.05, 3.63) is 93.8 Å². The number of methoxy groups -OCH3 is 1. The average molecular weight is 496 g/mol. The van der Waals surface area contributed by atoms with Gasteiger partial charge in [-0.1, -0.05) is 45.0 Å². The molecule has 0 saturated carbocycles. The van der Waals surface area contributed by atoms with Crippen LogP contribution in [0.2, 0.25) is 0 Å². The van der Waals surface area contributed by atoms with Crippen LogP contribution in [0, 0.1) is 0 Å². The van der Waals surface area contributed by atoms with E-state index in [-0.39, 0.29) is 33.3 Å². The minimum absolute atomic E-state index is 0.0352. The fourth-order valence-electron chi connectivity index (χ4n) is 3.73. The number of fused-ring (bicyclic) bond motifs is 1. The highest BCUT2D eigenvalue weighted by Crippen LogP contribution is 2.38. The second-order valence-electron chi connectivity index (χ2n) is 9.24. The van der Waals surface area contributed by atoms with Crippen molar-refractivity contribution < 1.29 is 31.9 Å². The molecular weight excluding hydrogens is 473 g/mol. The van der Waals surface area contributed by atoms with Crippen LogP contribution in [0.25, 0.3) is 22.1 Å². The molecule has 186 valence electrons. The molecule has 8 heteroatoms. The van der Waals surface area contributed by atoms with E-state index < -0.39 is 28.9 Å². The van der Waals surface area contributed by atoms with Gasteiger partial charge in [0.1, 0.15) is 17.1 Å². The lowest BCUT2D eigenvalue weighted by Gasteiger charge is -2.18. The standard InChI is InChI=1S/C28H23F3O5/c1-27(2,3)18-9-5-17(6-10-18)26(33)35-20-13-14-21-22(15-20)36-25(28(29,30)31)23(24(21)32)16-7-11-19(34-4)12-8-16/h5-15H,1-4H3. The fourth-order valence-corrected chi connectivity index (χ4v) is 3.73. The van der Waals surface area contributed by atoms with Crippen LogP contribution in [0.5, 0.6) is 11.5 Å². The first kappa shape index (κ1) is 25.0. The number of halogens is 3. The van der Waals surface area contributed by atoms with Crippen LogP contribution < -0.4 is 14.9 Å². The van der Waals surface area contributed by atoms with Crippen molar-refractivity contribution in [2.45, 2.75) is 32.4 Å². The van der Waals surface area contributed by atoms with E-state index in [2.05, 4.69) is 0 Å². The van der Waals surface area contributed by atoms with Gasteiger partial charge in [0.25, 0.3) is 0 Å². The molecule has 0 N–H and O–H groups in total. The van der Waals surface area contributed by atoms with Crippen molar-refractivity contribution in [2.75, 3.05) is 7.11 Å². The molecular formula is C28H23F3O5. The van der Waals surface area contributed by atoms with Gasteiger partial charge in [-0.15, -0.1) is 0 Å². The third-order valence-electron chi connectivity index (χ3n) is 5.70. The summed E-state index contributed by atoms with van der Waals surface area (Å²) >= 11 is 0. The van der Waals surface area contributed by atoms with Crippen molar-refractivity contribution in [3.63, 3.8) is 0 Å². The first-order valence-electron chi connectivity index (χ1n) is 11.0. The predicted molar refractivity (Wildman–Crippen MR) is 130 cm³/mol. The number of rotatable bonds is 4. The maximum absolute atomic E-state index is 13.9. The number of carbonyl (C=O) groups is 1. The van der Waals surface area contributed by atoms with Crippen LogP contribution in [0.1, 0.15) is 42.5 Å². The summed E-state index contributed by atoms with van der Waals surface area (Å²) in [6.07, 6.45) is -4.94. The second kappa shape index (κ2) is 9.18. The summed E-state index contributed by atoms with van der Waals surface area (Å²) in [7, 11) is 1.42. The number of carbonyl (C=O) groups excluding carboxylic acids is 1. The van der Waals surface area contributed by atoms with E-state index >= 15 is 0 Å². The van der Waals surface area contributed by atoms with Crippen molar-refractivity contribution in [3.8, 4) is 22.6 Å². The lowest BCUT2D eigenvalue weighted by molar-refractivity contribution is -0.152. The van der Waals surface area contributed by atoms with E-state index in [1.165, 1.54) is 43.5 Å². The maximum Gasteiger partial charge on any atom is 0.450 e. The van der Waals surface area contributed by atoms with E-state index in [9.17, 15) is 22.8 Å². The largest absolute Gasteiger partial charge is 0.497 e. The number of benzene rings is 3. The molecule has 0 aliphatic heterocycles. The highest BCUT2D eigenvalue weighted by atomic mass is 19.4. The van der Waals surface area contributed by atoms with Crippen LogP contribution in [-0.2, 0) is 11.6 Å². The highest BCUT2D eigenvalue weighted by Gasteiger charge is 2.39. The van der Waals surface area contributed by atoms with E-state index in [4.69, 9.17) is 13.9 Å². The van der Waals surface area contributed by atoms with E-state index in [1.807, 2.05) is 32.9 Å². The first-order valence-corrected chi connectivity index (χ1v) is 11.0. The molecule has 0 fully saturated rings. The minimum atomic E-state index is -4.94. The minimum Gasteiger partial charge on any atom is -0.497 e. The normalized spacial score (nSPS) is 12.0. The van der Waals surface area contributed by atoms with Crippen LogP contribution in [0.4, 0.5) is 13.2 Å². The summed E-state index contributed by atoms with van der Waals surface area (Å²) in [5.74, 6) is -1.76. The Morgan fingerprint density at radius 1 is 0.861 bits per heavy atom. The SMILES string of the molecule is COc1ccc(-c2c(C(F)(F)F)oc3cc(OC(=O)c4ccc(C(C)(C)C)cc4)ccc3c2=O)cc1. The molecule has 3 aromatic carbocycles. The molecule has 1 aromatic heterocycles. The molecule has 0 amide bonds. The van der Waals surface area contributed by atoms with Crippen LogP contribution in [-0.4, -0.2) is 13.1 Å². The molecule has 0 unspecified atom stereocenters. The zero-order chi connectivity index (χ0) is 26.3. The Hall–Kier alpha value is -4.07. The smallest absolute Gasteiger partial charge is 0.450 e. The molecule has 0 aliphatic rings. The number of ether oxygens (including phenoxy) is 2. The van der Waals surface area contributed by atoms with Crippen molar-refractivity contribution in [1.82, 2.24) is 0 Å². The molecule has 0 atom stereocenters. The quantitative estimate of drug-likeness (QED) is 0.225. The summed E-state index contributed by atoms with van der Waals surface area (Å²) in [4.78, 5) is 25.7. The van der Waals surface area contributed by atoms with Crippen molar-refractivity contribution in [2.24, 2.45) is 0 Å². The zero-order valence-corrected chi connectivity index (χ0v) is 20.0. The van der Waals surface area contributed by atoms with Crippen molar-refractivity contribution in [1.29, 1.82) is 0 Å². The number of esters is 1. The lowest BCUT2D eigenvalue weighted by Crippen LogP contribution is -2.16. The monoisotopic (exact) mass is 496 g/mol. The first-order chi connectivity index (χ1) is 16.9. The molecule has 1 heterocycles. The molecule has 0 radical (unpaired) electrons. The molecule has 0 spiro atoms. The van der Waals surface area contributed by atoms with Crippen LogP contribution in [0.3, 0.4) is 0 Å². The van der Waals surface area contributed by atoms with Gasteiger partial charge in [-0.25, -0.2) is 4.79 Å². The Kier molecular flexibility index (Phi) is 6.39. The van der Waals surface area contributed by atoms with E-state index in [1.54, 1.807) is 12.1 Å². The molecule has 0 saturated heterocycles. The Bertz CT molecular complexity index is 1480. The third kappa shape index (κ3) is 4.98. The summed E-state index contributed by atoms with van der Waals surface area (Å²) in [6, 6.07) is 16.2. The summed E-state index contributed by atoms with van der Waals surface area (Å²) in [5, 5.41) is -0.0804. The van der Waals surface area contributed by atoms with Gasteiger partial charge in [-0.05, 0) is 52.9 Å². The van der Waals surface area contributed by atoms with Gasteiger partial charge in [0, 0.05) is 6.07 Å². The van der Waals surface area contributed by atoms with Crippen molar-refractivity contribution >= 4 is 16.9 Å². The van der Waals surface area contributed by atoms with Gasteiger partial charge in [0.2, 0.25) is 11.2 Å². The molecule has 0 bridgehead atoms. The average Bonchev–Trinajstić information content (AvgIpc) is 2.83. The molecule has 0 aliphatic carbocycles. The van der Waals surface area contributed by atoms with Gasteiger partial charge >= 0.3 is 12.1 Å². The second-order valence-corrected chi connectivity index (χ2v) is 9.24. The van der Waals surface area contributed by atoms with Crippen LogP contribution >= 0.6 is 0 Å². The Labute approximate surface area is 205 Å². The predicted octanol–water partition coefficient (Wildman–Crippen LogP) is 7.00. The number of hydrogen-bond donors (Lipinski definition) is 0. The van der Waals surface area contributed by atoms with Gasteiger partial charge in [-0.3, -0.25) is 4.79 Å². The van der Waals surface area contributed by atoms with Gasteiger partial charge in [0.15, 0.2) is 0 Å². The third-order valence-corrected chi connectivity index (χ3v) is 5.70. The topological polar surface area (TPSA) is 65.7 Å². The highest BCUT2D eigenvalue weighted by molar-refractivity contribution is 5.92. The fraction of sp³-hybridized carbons (Fsp3) is 0.214. The van der Waals surface area contributed by atoms with E-state index in [0.29, 0.717) is 5.75 Å². The Balaban J connectivity index is 1.73. The van der Waals surface area contributed by atoms with Gasteiger partial charge in [-0.2, -0.15) is 13.2 Å². The maximum atomic E-state index is 13.9. The lowest BCUT2D eigenvalue weighted by atomic mass is 9.87. The molecule has 36 heavy (non-hydrogen) atoms. The summed E-state index contributed by atoms with van der Waals surface area (Å²) in [5.41, 5.74) is -0.579. The summed E-state index contributed by atoms with van der Waals surface area (Å²) < 4.78 is 57.2. The summed E-state index contributed by atoms with van der Waals surface area (Å²) in [6.45, 7) is 6.12. The molecule has 4 aromatic rings. The molecule has 4 rings (SSSR count). The molecule has 5 nitrogen and oxygen atoms in total. The van der Waals surface area contributed by atoms with E-state index in [0.717, 1.165) is 11.6 Å². The Morgan fingerprint density at radius 2 is 1.47 bits per heavy atom. The Morgan fingerprint density at radius 3 is 2.03 bits per heavy atom. The zero-order valence-electron chi connectivity index (χ0n) is 20.0. The van der Waals surface area contributed by atoms with Gasteiger partial charge < -0.3 is 13.9 Å². The van der Waals surface area contributed by atoms with Crippen LogP contribution in [0.15, 0.2) is 75.9 Å².